The number of thiol groups is 1. The van der Waals surface area contributed by atoms with E-state index in [1.807, 2.05) is 0 Å². The van der Waals surface area contributed by atoms with Gasteiger partial charge in [0.15, 0.2) is 0 Å². The zero-order valence-corrected chi connectivity index (χ0v) is 16.7. The second-order valence-corrected chi connectivity index (χ2v) is 7.44. The number of amides is 3. The molecule has 2 heterocycles. The maximum absolute atomic E-state index is 12.7. The average molecular weight is 430 g/mol. The van der Waals surface area contributed by atoms with Gasteiger partial charge in [0.2, 0.25) is 17.7 Å². The van der Waals surface area contributed by atoms with Gasteiger partial charge in [0.05, 0.1) is 12.5 Å². The van der Waals surface area contributed by atoms with Crippen molar-refractivity contribution in [2.24, 2.45) is 0 Å². The molecule has 5 N–H and O–H groups in total. The summed E-state index contributed by atoms with van der Waals surface area (Å²) in [6.07, 6.45) is 1.57. The molecule has 2 saturated heterocycles. The van der Waals surface area contributed by atoms with E-state index in [1.165, 1.54) is 4.90 Å². The molecule has 11 nitrogen and oxygen atoms in total. The molecule has 29 heavy (non-hydrogen) atoms. The Bertz CT molecular complexity index is 668. The van der Waals surface area contributed by atoms with Crippen LogP contribution < -0.4 is 16.0 Å². The molecule has 0 saturated carbocycles. The third-order valence-corrected chi connectivity index (χ3v) is 5.37. The highest BCUT2D eigenvalue weighted by atomic mass is 32.1. The topological polar surface area (TPSA) is 165 Å². The Balaban J connectivity index is 2.04. The summed E-state index contributed by atoms with van der Waals surface area (Å²) in [4.78, 5) is 61.2. The molecule has 12 heteroatoms. The van der Waals surface area contributed by atoms with Gasteiger partial charge in [-0.1, -0.05) is 0 Å². The fourth-order valence-electron chi connectivity index (χ4n) is 3.51. The summed E-state index contributed by atoms with van der Waals surface area (Å²) in [5.41, 5.74) is 0. The molecule has 2 rings (SSSR count). The summed E-state index contributed by atoms with van der Waals surface area (Å²) in [6.45, 7) is 0.906. The molecule has 2 fully saturated rings. The van der Waals surface area contributed by atoms with Gasteiger partial charge < -0.3 is 31.1 Å². The van der Waals surface area contributed by atoms with E-state index in [1.54, 1.807) is 0 Å². The first-order valence-electron chi connectivity index (χ1n) is 9.44. The molecule has 2 aliphatic heterocycles. The van der Waals surface area contributed by atoms with Crippen LogP contribution in [0.4, 0.5) is 0 Å². The fraction of sp³-hybridized carbons (Fsp3) is 0.706. The monoisotopic (exact) mass is 430 g/mol. The quantitative estimate of drug-likeness (QED) is 0.233. The molecule has 0 aromatic heterocycles. The standard InChI is InChI=1S/C17H26N4O7S/c22-13(23)7-10(19-14(24)9-3-1-5-18-9)15(25)20-11(8-29)16(26)21-6-2-4-12(21)17(27)28/h9-12,18,29H,1-8H2,(H,19,24)(H,20,25)(H,22,23)(H,27,28). The van der Waals surface area contributed by atoms with Gasteiger partial charge in [-0.05, 0) is 32.2 Å². The van der Waals surface area contributed by atoms with Crippen LogP contribution >= 0.6 is 12.6 Å². The van der Waals surface area contributed by atoms with Crippen molar-refractivity contribution < 1.29 is 34.2 Å². The predicted octanol–water partition coefficient (Wildman–Crippen LogP) is -1.81. The number of carboxylic acids is 2. The molecule has 0 radical (unpaired) electrons. The first kappa shape index (κ1) is 22.9. The van der Waals surface area contributed by atoms with E-state index in [-0.39, 0.29) is 12.3 Å². The van der Waals surface area contributed by atoms with Gasteiger partial charge in [-0.15, -0.1) is 0 Å². The highest BCUT2D eigenvalue weighted by Gasteiger charge is 2.38. The zero-order chi connectivity index (χ0) is 21.6. The third kappa shape index (κ3) is 6.07. The van der Waals surface area contributed by atoms with E-state index in [9.17, 15) is 29.1 Å². The molecule has 0 aromatic carbocycles. The van der Waals surface area contributed by atoms with Gasteiger partial charge >= 0.3 is 11.9 Å². The Morgan fingerprint density at radius 1 is 1.07 bits per heavy atom. The van der Waals surface area contributed by atoms with E-state index in [4.69, 9.17) is 5.11 Å². The van der Waals surface area contributed by atoms with E-state index < -0.39 is 60.2 Å². The number of aliphatic carboxylic acids is 2. The lowest BCUT2D eigenvalue weighted by Gasteiger charge is -2.28. The Hall–Kier alpha value is -2.34. The van der Waals surface area contributed by atoms with Gasteiger partial charge in [-0.2, -0.15) is 12.6 Å². The van der Waals surface area contributed by atoms with E-state index in [0.29, 0.717) is 25.8 Å². The van der Waals surface area contributed by atoms with Crippen molar-refractivity contribution in [2.75, 3.05) is 18.8 Å². The molecule has 4 unspecified atom stereocenters. The Morgan fingerprint density at radius 3 is 2.34 bits per heavy atom. The van der Waals surface area contributed by atoms with Crippen molar-refractivity contribution in [3.8, 4) is 0 Å². The summed E-state index contributed by atoms with van der Waals surface area (Å²) in [6, 6.07) is -3.97. The van der Waals surface area contributed by atoms with Crippen LogP contribution in [0.5, 0.6) is 0 Å². The normalized spacial score (nSPS) is 23.3. The molecule has 2 aliphatic rings. The number of carbonyl (C=O) groups is 5. The molecular weight excluding hydrogens is 404 g/mol. The van der Waals surface area contributed by atoms with Crippen molar-refractivity contribution in [1.29, 1.82) is 0 Å². The van der Waals surface area contributed by atoms with Gasteiger partial charge in [-0.25, -0.2) is 4.79 Å². The molecule has 0 bridgehead atoms. The maximum atomic E-state index is 12.7. The fourth-order valence-corrected chi connectivity index (χ4v) is 3.76. The van der Waals surface area contributed by atoms with Crippen molar-refractivity contribution in [3.63, 3.8) is 0 Å². The smallest absolute Gasteiger partial charge is 0.326 e. The number of nitrogens with zero attached hydrogens (tertiary/aromatic N) is 1. The Morgan fingerprint density at radius 2 is 1.79 bits per heavy atom. The van der Waals surface area contributed by atoms with Crippen LogP contribution in [0, 0.1) is 0 Å². The second kappa shape index (κ2) is 10.4. The van der Waals surface area contributed by atoms with Crippen LogP contribution in [0.1, 0.15) is 32.1 Å². The first-order valence-corrected chi connectivity index (χ1v) is 10.1. The lowest BCUT2D eigenvalue weighted by Crippen LogP contribution is -2.58. The zero-order valence-electron chi connectivity index (χ0n) is 15.8. The average Bonchev–Trinajstić information content (AvgIpc) is 3.36. The van der Waals surface area contributed by atoms with Crippen molar-refractivity contribution >= 4 is 42.3 Å². The Kier molecular flexibility index (Phi) is 8.26. The molecule has 0 aromatic rings. The largest absolute Gasteiger partial charge is 0.481 e. The molecule has 0 spiro atoms. The van der Waals surface area contributed by atoms with E-state index in [0.717, 1.165) is 6.42 Å². The van der Waals surface area contributed by atoms with Crippen LogP contribution in [0.15, 0.2) is 0 Å². The van der Waals surface area contributed by atoms with Crippen molar-refractivity contribution in [1.82, 2.24) is 20.9 Å². The number of likely N-dealkylation sites (tertiary alicyclic amines) is 1. The highest BCUT2D eigenvalue weighted by Crippen LogP contribution is 2.19. The summed E-state index contributed by atoms with van der Waals surface area (Å²) in [5, 5.41) is 26.1. The number of hydrogen-bond donors (Lipinski definition) is 6. The number of nitrogens with one attached hydrogen (secondary N) is 3. The van der Waals surface area contributed by atoms with Crippen LogP contribution in [-0.2, 0) is 24.0 Å². The van der Waals surface area contributed by atoms with Gasteiger partial charge in [0, 0.05) is 12.3 Å². The molecule has 162 valence electrons. The number of carbonyl (C=O) groups excluding carboxylic acids is 3. The highest BCUT2D eigenvalue weighted by molar-refractivity contribution is 7.80. The summed E-state index contributed by atoms with van der Waals surface area (Å²) < 4.78 is 0. The second-order valence-electron chi connectivity index (χ2n) is 7.08. The summed E-state index contributed by atoms with van der Waals surface area (Å²) >= 11 is 4.06. The van der Waals surface area contributed by atoms with Crippen molar-refractivity contribution in [2.45, 2.75) is 56.3 Å². The van der Waals surface area contributed by atoms with Crippen LogP contribution in [0.3, 0.4) is 0 Å². The number of hydrogen-bond acceptors (Lipinski definition) is 7. The van der Waals surface area contributed by atoms with E-state index in [2.05, 4.69) is 28.6 Å². The molecule has 4 atom stereocenters. The Labute approximate surface area is 173 Å². The predicted molar refractivity (Wildman–Crippen MR) is 103 cm³/mol. The lowest BCUT2D eigenvalue weighted by molar-refractivity contribution is -0.149. The molecule has 3 amide bonds. The van der Waals surface area contributed by atoms with Crippen LogP contribution in [0.25, 0.3) is 0 Å². The minimum atomic E-state index is -1.37. The molecule has 0 aliphatic carbocycles. The van der Waals surface area contributed by atoms with Gasteiger partial charge in [-0.3, -0.25) is 19.2 Å². The number of carboxylic acid groups (broad SMARTS) is 2. The van der Waals surface area contributed by atoms with Crippen LogP contribution in [0.2, 0.25) is 0 Å². The van der Waals surface area contributed by atoms with E-state index >= 15 is 0 Å². The summed E-state index contributed by atoms with van der Waals surface area (Å²) in [7, 11) is 0. The minimum absolute atomic E-state index is 0.106. The van der Waals surface area contributed by atoms with Crippen LogP contribution in [-0.4, -0.2) is 87.8 Å². The number of rotatable bonds is 9. The SMILES string of the molecule is O=C(O)CC(NC(=O)C1CCCN1)C(=O)NC(CS)C(=O)N1CCCC1C(=O)O. The molecular formula is C17H26N4O7S. The van der Waals surface area contributed by atoms with Crippen molar-refractivity contribution in [3.05, 3.63) is 0 Å². The van der Waals surface area contributed by atoms with Gasteiger partial charge in [0.1, 0.15) is 18.1 Å². The maximum Gasteiger partial charge on any atom is 0.326 e. The van der Waals surface area contributed by atoms with Gasteiger partial charge in [0.25, 0.3) is 0 Å². The lowest BCUT2D eigenvalue weighted by atomic mass is 10.1. The first-order chi connectivity index (χ1) is 13.7. The third-order valence-electron chi connectivity index (χ3n) is 5.01. The summed E-state index contributed by atoms with van der Waals surface area (Å²) in [5.74, 6) is -4.44. The minimum Gasteiger partial charge on any atom is -0.481 e.